The zero-order chi connectivity index (χ0) is 16.2. The lowest BCUT2D eigenvalue weighted by molar-refractivity contribution is -0.134. The standard InChI is InChI=1S/C19H35NO2/c1-5-22-14-16-6-8-20(9-7-16)18(21)11-17-10-15(2)12-19(3,4)13-17/h15-17H,5-14H2,1-4H3/t15-,17+/m1/s1. The van der Waals surface area contributed by atoms with Crippen LogP contribution in [-0.2, 0) is 9.53 Å². The summed E-state index contributed by atoms with van der Waals surface area (Å²) in [5.41, 5.74) is 0.410. The monoisotopic (exact) mass is 309 g/mol. The molecule has 1 heterocycles. The van der Waals surface area contributed by atoms with E-state index in [4.69, 9.17) is 4.74 Å². The van der Waals surface area contributed by atoms with Gasteiger partial charge in [0, 0.05) is 32.7 Å². The third-order valence-corrected chi connectivity index (χ3v) is 5.47. The second kappa shape index (κ2) is 7.81. The number of likely N-dealkylation sites (tertiary alicyclic amines) is 1. The van der Waals surface area contributed by atoms with E-state index in [-0.39, 0.29) is 0 Å². The van der Waals surface area contributed by atoms with Gasteiger partial charge in [-0.25, -0.2) is 0 Å². The van der Waals surface area contributed by atoms with Gasteiger partial charge in [-0.1, -0.05) is 20.8 Å². The minimum atomic E-state index is 0.393. The highest BCUT2D eigenvalue weighted by Crippen LogP contribution is 2.43. The molecular weight excluding hydrogens is 274 g/mol. The first-order valence-corrected chi connectivity index (χ1v) is 9.25. The summed E-state index contributed by atoms with van der Waals surface area (Å²) >= 11 is 0. The van der Waals surface area contributed by atoms with Crippen LogP contribution in [0, 0.1) is 23.2 Å². The zero-order valence-corrected chi connectivity index (χ0v) is 15.1. The second-order valence-electron chi connectivity index (χ2n) is 8.47. The van der Waals surface area contributed by atoms with Crippen LogP contribution >= 0.6 is 0 Å². The van der Waals surface area contributed by atoms with Crippen LogP contribution in [0.4, 0.5) is 0 Å². The van der Waals surface area contributed by atoms with Gasteiger partial charge >= 0.3 is 0 Å². The number of hydrogen-bond donors (Lipinski definition) is 0. The molecule has 2 fully saturated rings. The first-order valence-electron chi connectivity index (χ1n) is 9.25. The molecule has 0 unspecified atom stereocenters. The second-order valence-corrected chi connectivity index (χ2v) is 8.47. The van der Waals surface area contributed by atoms with Gasteiger partial charge in [-0.3, -0.25) is 4.79 Å². The Bertz CT molecular complexity index is 358. The van der Waals surface area contributed by atoms with Crippen LogP contribution in [0.3, 0.4) is 0 Å². The molecule has 0 spiro atoms. The van der Waals surface area contributed by atoms with E-state index in [1.807, 2.05) is 6.92 Å². The summed E-state index contributed by atoms with van der Waals surface area (Å²) in [5.74, 6) is 2.40. The molecule has 0 N–H and O–H groups in total. The van der Waals surface area contributed by atoms with Crippen molar-refractivity contribution in [3.63, 3.8) is 0 Å². The fourth-order valence-corrected chi connectivity index (χ4v) is 4.71. The fourth-order valence-electron chi connectivity index (χ4n) is 4.71. The van der Waals surface area contributed by atoms with Gasteiger partial charge in [0.2, 0.25) is 5.91 Å². The molecule has 0 aromatic rings. The number of amides is 1. The van der Waals surface area contributed by atoms with Crippen molar-refractivity contribution < 1.29 is 9.53 Å². The molecule has 1 saturated heterocycles. The number of hydrogen-bond acceptors (Lipinski definition) is 2. The van der Waals surface area contributed by atoms with Crippen LogP contribution in [0.1, 0.15) is 66.2 Å². The fraction of sp³-hybridized carbons (Fsp3) is 0.947. The van der Waals surface area contributed by atoms with E-state index in [1.165, 1.54) is 19.3 Å². The molecular formula is C19H35NO2. The highest BCUT2D eigenvalue weighted by Gasteiger charge is 2.34. The summed E-state index contributed by atoms with van der Waals surface area (Å²) < 4.78 is 5.52. The van der Waals surface area contributed by atoms with Gasteiger partial charge in [-0.15, -0.1) is 0 Å². The number of piperidine rings is 1. The average Bonchev–Trinajstić information content (AvgIpc) is 2.43. The molecule has 0 aromatic carbocycles. The summed E-state index contributed by atoms with van der Waals surface area (Å²) in [7, 11) is 0. The summed E-state index contributed by atoms with van der Waals surface area (Å²) in [5, 5.41) is 0. The molecule has 1 aliphatic heterocycles. The van der Waals surface area contributed by atoms with E-state index in [9.17, 15) is 4.79 Å². The molecule has 1 saturated carbocycles. The largest absolute Gasteiger partial charge is 0.381 e. The maximum atomic E-state index is 12.6. The number of ether oxygens (including phenoxy) is 1. The van der Waals surface area contributed by atoms with E-state index < -0.39 is 0 Å². The first-order chi connectivity index (χ1) is 10.4. The van der Waals surface area contributed by atoms with Gasteiger partial charge in [0.05, 0.1) is 0 Å². The maximum absolute atomic E-state index is 12.6. The lowest BCUT2D eigenvalue weighted by Gasteiger charge is -2.40. The van der Waals surface area contributed by atoms with Crippen LogP contribution in [0.2, 0.25) is 0 Å². The molecule has 2 aliphatic rings. The van der Waals surface area contributed by atoms with E-state index in [2.05, 4.69) is 25.7 Å². The molecule has 22 heavy (non-hydrogen) atoms. The average molecular weight is 309 g/mol. The number of rotatable bonds is 5. The van der Waals surface area contributed by atoms with Crippen molar-refractivity contribution in [1.29, 1.82) is 0 Å². The molecule has 1 aliphatic carbocycles. The predicted molar refractivity (Wildman–Crippen MR) is 90.7 cm³/mol. The van der Waals surface area contributed by atoms with E-state index in [0.29, 0.717) is 23.2 Å². The first kappa shape index (κ1) is 17.8. The van der Waals surface area contributed by atoms with Crippen LogP contribution in [0.25, 0.3) is 0 Å². The number of carbonyl (C=O) groups is 1. The third kappa shape index (κ3) is 5.26. The van der Waals surface area contributed by atoms with Gasteiger partial charge in [-0.2, -0.15) is 0 Å². The SMILES string of the molecule is CCOCC1CCN(C(=O)C[C@@H]2C[C@@H](C)CC(C)(C)C2)CC1. The van der Waals surface area contributed by atoms with Crippen molar-refractivity contribution >= 4 is 5.91 Å². The van der Waals surface area contributed by atoms with Gasteiger partial charge < -0.3 is 9.64 Å². The topological polar surface area (TPSA) is 29.5 Å². The highest BCUT2D eigenvalue weighted by molar-refractivity contribution is 5.76. The number of nitrogens with zero attached hydrogens (tertiary/aromatic N) is 1. The summed E-state index contributed by atoms with van der Waals surface area (Å²) in [4.78, 5) is 14.7. The van der Waals surface area contributed by atoms with E-state index in [1.54, 1.807) is 0 Å². The minimum absolute atomic E-state index is 0.393. The molecule has 0 bridgehead atoms. The Morgan fingerprint density at radius 2 is 1.86 bits per heavy atom. The van der Waals surface area contributed by atoms with Crippen molar-refractivity contribution in [3.05, 3.63) is 0 Å². The van der Waals surface area contributed by atoms with E-state index in [0.717, 1.165) is 51.5 Å². The molecule has 128 valence electrons. The maximum Gasteiger partial charge on any atom is 0.222 e. The van der Waals surface area contributed by atoms with Gasteiger partial charge in [-0.05, 0) is 62.2 Å². The Morgan fingerprint density at radius 1 is 1.18 bits per heavy atom. The van der Waals surface area contributed by atoms with Gasteiger partial charge in [0.15, 0.2) is 0 Å². The molecule has 1 amide bonds. The molecule has 0 radical (unpaired) electrons. The lowest BCUT2D eigenvalue weighted by Crippen LogP contribution is -2.41. The van der Waals surface area contributed by atoms with Gasteiger partial charge in [0.1, 0.15) is 0 Å². The van der Waals surface area contributed by atoms with Crippen LogP contribution in [0.5, 0.6) is 0 Å². The quantitative estimate of drug-likeness (QED) is 0.764. The highest BCUT2D eigenvalue weighted by atomic mass is 16.5. The third-order valence-electron chi connectivity index (χ3n) is 5.47. The van der Waals surface area contributed by atoms with Crippen LogP contribution in [-0.4, -0.2) is 37.1 Å². The van der Waals surface area contributed by atoms with Gasteiger partial charge in [0.25, 0.3) is 0 Å². The molecule has 3 nitrogen and oxygen atoms in total. The smallest absolute Gasteiger partial charge is 0.222 e. The lowest BCUT2D eigenvalue weighted by atomic mass is 9.67. The van der Waals surface area contributed by atoms with Crippen molar-refractivity contribution in [1.82, 2.24) is 4.90 Å². The van der Waals surface area contributed by atoms with Crippen LogP contribution < -0.4 is 0 Å². The Kier molecular flexibility index (Phi) is 6.31. The normalized spacial score (nSPS) is 29.5. The molecule has 2 rings (SSSR count). The predicted octanol–water partition coefficient (Wildman–Crippen LogP) is 4.11. The summed E-state index contributed by atoms with van der Waals surface area (Å²) in [6.45, 7) is 12.6. The zero-order valence-electron chi connectivity index (χ0n) is 15.1. The van der Waals surface area contributed by atoms with E-state index >= 15 is 0 Å². The number of carbonyl (C=O) groups excluding carboxylic acids is 1. The Morgan fingerprint density at radius 3 is 2.45 bits per heavy atom. The van der Waals surface area contributed by atoms with Crippen LogP contribution in [0.15, 0.2) is 0 Å². The molecule has 0 aromatic heterocycles. The Hall–Kier alpha value is -0.570. The summed E-state index contributed by atoms with van der Waals surface area (Å²) in [6, 6.07) is 0. The van der Waals surface area contributed by atoms with Crippen molar-refractivity contribution in [2.75, 3.05) is 26.3 Å². The van der Waals surface area contributed by atoms with Crippen molar-refractivity contribution in [2.45, 2.75) is 66.2 Å². The Balaban J connectivity index is 1.76. The molecule has 3 heteroatoms. The minimum Gasteiger partial charge on any atom is -0.381 e. The Labute approximate surface area is 136 Å². The molecule has 2 atom stereocenters. The summed E-state index contributed by atoms with van der Waals surface area (Å²) in [6.07, 6.45) is 6.74. The van der Waals surface area contributed by atoms with Crippen molar-refractivity contribution in [3.8, 4) is 0 Å². The van der Waals surface area contributed by atoms with Crippen molar-refractivity contribution in [2.24, 2.45) is 23.2 Å².